The molecule has 0 aromatic rings. The van der Waals surface area contributed by atoms with Gasteiger partial charge >= 0.3 is 0 Å². The van der Waals surface area contributed by atoms with Crippen molar-refractivity contribution in [3.8, 4) is 0 Å². The van der Waals surface area contributed by atoms with Gasteiger partial charge in [0.15, 0.2) is 0 Å². The van der Waals surface area contributed by atoms with Gasteiger partial charge in [-0.05, 0) is 63.5 Å². The predicted molar refractivity (Wildman–Crippen MR) is 78.8 cm³/mol. The summed E-state index contributed by atoms with van der Waals surface area (Å²) >= 11 is 0. The van der Waals surface area contributed by atoms with E-state index in [9.17, 15) is 0 Å². The van der Waals surface area contributed by atoms with Crippen LogP contribution in [0, 0.1) is 17.8 Å². The first kappa shape index (κ1) is 14.3. The van der Waals surface area contributed by atoms with Crippen LogP contribution in [0.4, 0.5) is 0 Å². The van der Waals surface area contributed by atoms with Crippen molar-refractivity contribution in [3.05, 3.63) is 0 Å². The largest absolute Gasteiger partial charge is 0.314 e. The maximum atomic E-state index is 3.65. The third-order valence-electron chi connectivity index (χ3n) is 5.07. The Morgan fingerprint density at radius 3 is 2.44 bits per heavy atom. The fraction of sp³-hybridized carbons (Fsp3) is 1.00. The second-order valence-corrected chi connectivity index (χ2v) is 7.16. The molecule has 0 spiro atoms. The number of rotatable bonds is 1. The average Bonchev–Trinajstić information content (AvgIpc) is 2.30. The Kier molecular flexibility index (Phi) is 5.08. The summed E-state index contributed by atoms with van der Waals surface area (Å²) in [4.78, 5) is 2.82. The van der Waals surface area contributed by atoms with Crippen LogP contribution in [0.3, 0.4) is 0 Å². The summed E-state index contributed by atoms with van der Waals surface area (Å²) in [6.45, 7) is 13.4. The Bertz CT molecular complexity index is 253. The number of nitrogens with one attached hydrogen (secondary N) is 1. The van der Waals surface area contributed by atoms with Crippen molar-refractivity contribution >= 4 is 0 Å². The Hall–Kier alpha value is -0.0800. The Balaban J connectivity index is 1.96. The molecular weight excluding hydrogens is 220 g/mol. The Morgan fingerprint density at radius 2 is 1.72 bits per heavy atom. The van der Waals surface area contributed by atoms with Crippen molar-refractivity contribution in [2.24, 2.45) is 17.8 Å². The van der Waals surface area contributed by atoms with E-state index in [1.165, 1.54) is 45.3 Å². The highest BCUT2D eigenvalue weighted by Gasteiger charge is 2.31. The summed E-state index contributed by atoms with van der Waals surface area (Å²) in [5.41, 5.74) is 0. The van der Waals surface area contributed by atoms with E-state index in [4.69, 9.17) is 0 Å². The molecule has 1 aliphatic carbocycles. The van der Waals surface area contributed by atoms with Crippen LogP contribution in [0.5, 0.6) is 0 Å². The van der Waals surface area contributed by atoms with E-state index in [1.807, 2.05) is 0 Å². The van der Waals surface area contributed by atoms with E-state index in [0.29, 0.717) is 6.04 Å². The Morgan fingerprint density at radius 1 is 0.944 bits per heavy atom. The van der Waals surface area contributed by atoms with Crippen LogP contribution in [0.1, 0.15) is 53.4 Å². The highest BCUT2D eigenvalue weighted by Crippen LogP contribution is 2.32. The van der Waals surface area contributed by atoms with Crippen molar-refractivity contribution in [1.82, 2.24) is 10.2 Å². The lowest BCUT2D eigenvalue weighted by Crippen LogP contribution is -2.49. The zero-order valence-corrected chi connectivity index (χ0v) is 12.8. The SMILES string of the molecule is CC1CCC(N2CCC(C)NCC(C)C2)C(C)C1. The molecule has 0 bridgehead atoms. The van der Waals surface area contributed by atoms with Gasteiger partial charge in [-0.1, -0.05) is 20.8 Å². The van der Waals surface area contributed by atoms with Gasteiger partial charge < -0.3 is 5.32 Å². The van der Waals surface area contributed by atoms with Gasteiger partial charge in [0.2, 0.25) is 0 Å². The first-order valence-corrected chi connectivity index (χ1v) is 8.03. The van der Waals surface area contributed by atoms with Gasteiger partial charge in [-0.2, -0.15) is 0 Å². The third-order valence-corrected chi connectivity index (χ3v) is 5.07. The van der Waals surface area contributed by atoms with Gasteiger partial charge in [0.05, 0.1) is 0 Å². The fourth-order valence-electron chi connectivity index (χ4n) is 3.91. The van der Waals surface area contributed by atoms with Crippen molar-refractivity contribution in [3.63, 3.8) is 0 Å². The maximum absolute atomic E-state index is 3.65. The minimum Gasteiger partial charge on any atom is -0.314 e. The van der Waals surface area contributed by atoms with Crippen LogP contribution < -0.4 is 5.32 Å². The van der Waals surface area contributed by atoms with Gasteiger partial charge in [0, 0.05) is 18.6 Å². The first-order chi connectivity index (χ1) is 8.56. The third kappa shape index (κ3) is 3.71. The number of hydrogen-bond acceptors (Lipinski definition) is 2. The molecule has 2 heteroatoms. The predicted octanol–water partition coefficient (Wildman–Crippen LogP) is 3.13. The van der Waals surface area contributed by atoms with Crippen LogP contribution in [0.25, 0.3) is 0 Å². The molecule has 18 heavy (non-hydrogen) atoms. The summed E-state index contributed by atoms with van der Waals surface area (Å²) in [5.74, 6) is 2.63. The molecule has 2 fully saturated rings. The molecule has 0 aromatic heterocycles. The molecule has 2 nitrogen and oxygen atoms in total. The molecule has 0 aromatic carbocycles. The summed E-state index contributed by atoms with van der Waals surface area (Å²) in [7, 11) is 0. The second kappa shape index (κ2) is 6.38. The number of nitrogens with zero attached hydrogens (tertiary/aromatic N) is 1. The van der Waals surface area contributed by atoms with Crippen molar-refractivity contribution in [1.29, 1.82) is 0 Å². The van der Waals surface area contributed by atoms with Gasteiger partial charge in [-0.15, -0.1) is 0 Å². The molecular formula is C16H32N2. The molecule has 2 aliphatic rings. The molecule has 1 N–H and O–H groups in total. The van der Waals surface area contributed by atoms with Crippen LogP contribution in [-0.4, -0.2) is 36.6 Å². The van der Waals surface area contributed by atoms with Gasteiger partial charge in [-0.3, -0.25) is 4.90 Å². The van der Waals surface area contributed by atoms with Crippen LogP contribution in [0.2, 0.25) is 0 Å². The molecule has 1 heterocycles. The zero-order valence-electron chi connectivity index (χ0n) is 12.8. The van der Waals surface area contributed by atoms with E-state index < -0.39 is 0 Å². The minimum absolute atomic E-state index is 0.688. The molecule has 0 amide bonds. The van der Waals surface area contributed by atoms with E-state index in [0.717, 1.165) is 23.8 Å². The molecule has 5 atom stereocenters. The highest BCUT2D eigenvalue weighted by molar-refractivity contribution is 4.86. The molecule has 1 aliphatic heterocycles. The topological polar surface area (TPSA) is 15.3 Å². The maximum Gasteiger partial charge on any atom is 0.0121 e. The minimum atomic E-state index is 0.688. The number of hydrogen-bond donors (Lipinski definition) is 1. The first-order valence-electron chi connectivity index (χ1n) is 8.03. The summed E-state index contributed by atoms with van der Waals surface area (Å²) in [5, 5.41) is 3.65. The van der Waals surface area contributed by atoms with E-state index in [2.05, 4.69) is 37.9 Å². The normalized spacial score (nSPS) is 44.3. The van der Waals surface area contributed by atoms with Crippen molar-refractivity contribution < 1.29 is 0 Å². The lowest BCUT2D eigenvalue weighted by Gasteiger charge is -2.43. The second-order valence-electron chi connectivity index (χ2n) is 7.16. The average molecular weight is 252 g/mol. The standard InChI is InChI=1S/C16H32N2/c1-12-5-6-16(14(3)9-12)18-8-7-15(4)17-10-13(2)11-18/h12-17H,5-11H2,1-4H3. The van der Waals surface area contributed by atoms with Crippen LogP contribution >= 0.6 is 0 Å². The molecule has 1 saturated carbocycles. The van der Waals surface area contributed by atoms with E-state index in [1.54, 1.807) is 0 Å². The lowest BCUT2D eigenvalue weighted by molar-refractivity contribution is 0.0705. The van der Waals surface area contributed by atoms with Crippen molar-refractivity contribution in [2.45, 2.75) is 65.5 Å². The molecule has 0 radical (unpaired) electrons. The van der Waals surface area contributed by atoms with E-state index >= 15 is 0 Å². The van der Waals surface area contributed by atoms with Crippen molar-refractivity contribution in [2.75, 3.05) is 19.6 Å². The Labute approximate surface area is 114 Å². The quantitative estimate of drug-likeness (QED) is 0.771. The van der Waals surface area contributed by atoms with Gasteiger partial charge in [0.1, 0.15) is 0 Å². The summed E-state index contributed by atoms with van der Waals surface area (Å²) in [6, 6.07) is 1.54. The van der Waals surface area contributed by atoms with E-state index in [-0.39, 0.29) is 0 Å². The van der Waals surface area contributed by atoms with Gasteiger partial charge in [0.25, 0.3) is 0 Å². The lowest BCUT2D eigenvalue weighted by atomic mass is 9.78. The van der Waals surface area contributed by atoms with Crippen LogP contribution in [0.15, 0.2) is 0 Å². The summed E-state index contributed by atoms with van der Waals surface area (Å²) < 4.78 is 0. The highest BCUT2D eigenvalue weighted by atomic mass is 15.2. The molecule has 2 rings (SSSR count). The van der Waals surface area contributed by atoms with Crippen LogP contribution in [-0.2, 0) is 0 Å². The van der Waals surface area contributed by atoms with Gasteiger partial charge in [-0.25, -0.2) is 0 Å². The molecule has 5 unspecified atom stereocenters. The molecule has 106 valence electrons. The zero-order chi connectivity index (χ0) is 13.1. The fourth-order valence-corrected chi connectivity index (χ4v) is 3.91. The smallest absolute Gasteiger partial charge is 0.0121 e. The monoisotopic (exact) mass is 252 g/mol. The summed E-state index contributed by atoms with van der Waals surface area (Å²) in [6.07, 6.45) is 5.61. The molecule has 1 saturated heterocycles.